The van der Waals surface area contributed by atoms with E-state index >= 15 is 0 Å². The van der Waals surface area contributed by atoms with Crippen LogP contribution >= 0.6 is 0 Å². The average molecular weight is 345 g/mol. The molecule has 0 N–H and O–H groups in total. The van der Waals surface area contributed by atoms with Gasteiger partial charge in [-0.05, 0) is 37.1 Å². The maximum Gasteiger partial charge on any atom is 0.433 e. The third-order valence-corrected chi connectivity index (χ3v) is 4.38. The lowest BCUT2D eigenvalue weighted by molar-refractivity contribution is -0.141. The van der Waals surface area contributed by atoms with Crippen LogP contribution in [0.1, 0.15) is 16.8 Å². The third kappa shape index (κ3) is 4.77. The summed E-state index contributed by atoms with van der Waals surface area (Å²) in [5, 5.41) is 0. The summed E-state index contributed by atoms with van der Waals surface area (Å²) in [5.74, 6) is 0. The zero-order valence-corrected chi connectivity index (χ0v) is 13.0. The second-order valence-corrected chi connectivity index (χ2v) is 6.50. The number of alkyl halides is 3. The molecule has 0 unspecified atom stereocenters. The fourth-order valence-corrected chi connectivity index (χ4v) is 2.69. The van der Waals surface area contributed by atoms with Crippen molar-refractivity contribution in [2.24, 2.45) is 0 Å². The van der Waals surface area contributed by atoms with Crippen LogP contribution in [0.25, 0.3) is 0 Å². The van der Waals surface area contributed by atoms with Crippen LogP contribution in [0.3, 0.4) is 0 Å². The van der Waals surface area contributed by atoms with Crippen molar-refractivity contribution in [2.45, 2.75) is 24.4 Å². The van der Waals surface area contributed by atoms with E-state index in [0.717, 1.165) is 17.8 Å². The summed E-state index contributed by atoms with van der Waals surface area (Å²) >= 11 is 0. The van der Waals surface area contributed by atoms with Crippen LogP contribution in [0, 0.1) is 6.92 Å². The smallest absolute Gasteiger partial charge is 0.266 e. The van der Waals surface area contributed by atoms with Gasteiger partial charge in [-0.2, -0.15) is 21.6 Å². The van der Waals surface area contributed by atoms with Gasteiger partial charge in [-0.3, -0.25) is 9.17 Å². The van der Waals surface area contributed by atoms with Crippen molar-refractivity contribution in [3.8, 4) is 0 Å². The van der Waals surface area contributed by atoms with Crippen LogP contribution in [0.15, 0.2) is 47.5 Å². The topological polar surface area (TPSA) is 56.3 Å². The molecule has 1 aromatic carbocycles. The molecule has 1 heterocycles. The lowest BCUT2D eigenvalue weighted by Crippen LogP contribution is -2.10. The van der Waals surface area contributed by atoms with Gasteiger partial charge in [-0.25, -0.2) is 0 Å². The van der Waals surface area contributed by atoms with E-state index in [4.69, 9.17) is 4.18 Å². The molecule has 2 aromatic rings. The Labute approximate surface area is 132 Å². The Hall–Kier alpha value is -1.93. The molecule has 0 bridgehead atoms. The maximum absolute atomic E-state index is 12.4. The molecule has 8 heteroatoms. The molecule has 4 nitrogen and oxygen atoms in total. The minimum Gasteiger partial charge on any atom is -0.266 e. The summed E-state index contributed by atoms with van der Waals surface area (Å²) in [6.45, 7) is 1.65. The predicted octanol–water partition coefficient (Wildman–Crippen LogP) is 3.36. The Morgan fingerprint density at radius 3 is 2.26 bits per heavy atom. The van der Waals surface area contributed by atoms with E-state index in [9.17, 15) is 21.6 Å². The summed E-state index contributed by atoms with van der Waals surface area (Å²) in [4.78, 5) is 3.34. The summed E-state index contributed by atoms with van der Waals surface area (Å²) in [6, 6.07) is 8.27. The number of benzene rings is 1. The number of hydrogen-bond acceptors (Lipinski definition) is 4. The number of rotatable bonds is 5. The molecule has 0 aliphatic carbocycles. The molecule has 0 atom stereocenters. The van der Waals surface area contributed by atoms with Crippen LogP contribution < -0.4 is 0 Å². The molecule has 0 fully saturated rings. The molecular formula is C15H14F3NO3S. The number of hydrogen-bond donors (Lipinski definition) is 0. The first kappa shape index (κ1) is 17.4. The zero-order valence-electron chi connectivity index (χ0n) is 12.2. The van der Waals surface area contributed by atoms with Crippen LogP contribution in [-0.2, 0) is 26.9 Å². The van der Waals surface area contributed by atoms with Crippen molar-refractivity contribution in [3.05, 3.63) is 59.4 Å². The molecule has 1 aromatic heterocycles. The Bertz CT molecular complexity index is 754. The fraction of sp³-hybridized carbons (Fsp3) is 0.267. The molecule has 0 saturated carbocycles. The molecule has 0 radical (unpaired) electrons. The lowest BCUT2D eigenvalue weighted by atomic mass is 10.2. The molecule has 124 valence electrons. The van der Waals surface area contributed by atoms with Gasteiger partial charge in [0.05, 0.1) is 11.5 Å². The van der Waals surface area contributed by atoms with Crippen LogP contribution in [0.4, 0.5) is 13.2 Å². The normalized spacial score (nSPS) is 12.3. The highest BCUT2D eigenvalue weighted by molar-refractivity contribution is 7.86. The van der Waals surface area contributed by atoms with Crippen molar-refractivity contribution in [1.29, 1.82) is 0 Å². The van der Waals surface area contributed by atoms with E-state index in [1.807, 2.05) is 6.92 Å². The van der Waals surface area contributed by atoms with Crippen molar-refractivity contribution in [3.63, 3.8) is 0 Å². The highest BCUT2D eigenvalue weighted by Crippen LogP contribution is 2.27. The molecule has 2 rings (SSSR count). The van der Waals surface area contributed by atoms with E-state index < -0.39 is 22.0 Å². The van der Waals surface area contributed by atoms with Gasteiger partial charge in [-0.15, -0.1) is 0 Å². The van der Waals surface area contributed by atoms with Crippen LogP contribution in [0.5, 0.6) is 0 Å². The molecule has 0 amide bonds. The molecule has 0 aliphatic rings. The first-order valence-electron chi connectivity index (χ1n) is 6.67. The maximum atomic E-state index is 12.4. The number of aromatic nitrogens is 1. The van der Waals surface area contributed by atoms with Crippen LogP contribution in [-0.4, -0.2) is 20.0 Å². The van der Waals surface area contributed by atoms with Gasteiger partial charge >= 0.3 is 6.18 Å². The third-order valence-electron chi connectivity index (χ3n) is 3.05. The second kappa shape index (κ2) is 6.67. The summed E-state index contributed by atoms with van der Waals surface area (Å²) < 4.78 is 65.9. The van der Waals surface area contributed by atoms with E-state index in [1.54, 1.807) is 12.1 Å². The molecular weight excluding hydrogens is 331 g/mol. The van der Waals surface area contributed by atoms with E-state index in [0.29, 0.717) is 5.56 Å². The standard InChI is InChI=1S/C15H14F3NO3S/c1-11-2-5-13(6-3-11)23(20,21)22-9-8-12-4-7-14(19-10-12)15(16,17)18/h2-7,10H,8-9H2,1H3. The quantitative estimate of drug-likeness (QED) is 0.780. The molecule has 0 aliphatic heterocycles. The van der Waals surface area contributed by atoms with E-state index in [2.05, 4.69) is 4.98 Å². The van der Waals surface area contributed by atoms with Gasteiger partial charge in [0.2, 0.25) is 0 Å². The van der Waals surface area contributed by atoms with E-state index in [-0.39, 0.29) is 17.9 Å². The summed E-state index contributed by atoms with van der Waals surface area (Å²) in [5.41, 5.74) is 0.381. The second-order valence-electron chi connectivity index (χ2n) is 4.89. The molecule has 0 spiro atoms. The Morgan fingerprint density at radius 2 is 1.74 bits per heavy atom. The number of pyridine rings is 1. The minimum atomic E-state index is -4.50. The highest BCUT2D eigenvalue weighted by atomic mass is 32.2. The van der Waals surface area contributed by atoms with Gasteiger partial charge in [0.25, 0.3) is 10.1 Å². The van der Waals surface area contributed by atoms with Crippen molar-refractivity contribution >= 4 is 10.1 Å². The molecule has 23 heavy (non-hydrogen) atoms. The average Bonchev–Trinajstić information content (AvgIpc) is 2.47. The Morgan fingerprint density at radius 1 is 1.09 bits per heavy atom. The van der Waals surface area contributed by atoms with Gasteiger partial charge < -0.3 is 0 Å². The van der Waals surface area contributed by atoms with Crippen molar-refractivity contribution in [2.75, 3.05) is 6.61 Å². The van der Waals surface area contributed by atoms with Gasteiger partial charge in [0.1, 0.15) is 5.69 Å². The number of halogens is 3. The number of aryl methyl sites for hydroxylation is 1. The first-order chi connectivity index (χ1) is 10.7. The zero-order chi connectivity index (χ0) is 17.1. The highest BCUT2D eigenvalue weighted by Gasteiger charge is 2.31. The van der Waals surface area contributed by atoms with Crippen molar-refractivity contribution < 1.29 is 25.8 Å². The first-order valence-corrected chi connectivity index (χ1v) is 8.07. The SMILES string of the molecule is Cc1ccc(S(=O)(=O)OCCc2ccc(C(F)(F)F)nc2)cc1. The Balaban J connectivity index is 1.95. The lowest BCUT2D eigenvalue weighted by Gasteiger charge is -2.08. The van der Waals surface area contributed by atoms with Crippen LogP contribution in [0.2, 0.25) is 0 Å². The van der Waals surface area contributed by atoms with Gasteiger partial charge in [0, 0.05) is 6.20 Å². The Kier molecular flexibility index (Phi) is 5.06. The number of nitrogens with zero attached hydrogens (tertiary/aromatic N) is 1. The minimum absolute atomic E-state index is 0.0358. The van der Waals surface area contributed by atoms with E-state index in [1.165, 1.54) is 18.2 Å². The summed E-state index contributed by atoms with van der Waals surface area (Å²) in [6.07, 6.45) is -3.30. The largest absolute Gasteiger partial charge is 0.433 e. The predicted molar refractivity (Wildman–Crippen MR) is 77.3 cm³/mol. The monoisotopic (exact) mass is 345 g/mol. The van der Waals surface area contributed by atoms with Gasteiger partial charge in [0.15, 0.2) is 0 Å². The fourth-order valence-electron chi connectivity index (χ4n) is 1.78. The summed E-state index contributed by atoms with van der Waals surface area (Å²) in [7, 11) is -3.88. The van der Waals surface area contributed by atoms with Gasteiger partial charge in [-0.1, -0.05) is 23.8 Å². The van der Waals surface area contributed by atoms with Crippen molar-refractivity contribution in [1.82, 2.24) is 4.98 Å². The molecule has 0 saturated heterocycles.